The van der Waals surface area contributed by atoms with Crippen molar-refractivity contribution < 1.29 is 24.5 Å². The van der Waals surface area contributed by atoms with Gasteiger partial charge in [-0.25, -0.2) is 4.90 Å². The highest BCUT2D eigenvalue weighted by atomic mass is 16.7. The van der Waals surface area contributed by atoms with Crippen LogP contribution < -0.4 is 0 Å². The van der Waals surface area contributed by atoms with Crippen molar-refractivity contribution in [1.82, 2.24) is 9.91 Å². The average molecular weight is 308 g/mol. The van der Waals surface area contributed by atoms with Crippen LogP contribution in [0, 0.1) is 5.21 Å². The third-order valence-electron chi connectivity index (χ3n) is 3.17. The molecule has 1 unspecified atom stereocenters. The van der Waals surface area contributed by atoms with Crippen molar-refractivity contribution in [2.24, 2.45) is 5.28 Å². The van der Waals surface area contributed by atoms with E-state index < -0.39 is 18.0 Å². The molecule has 118 valence electrons. The molecular weight excluding hydrogens is 292 g/mol. The Morgan fingerprint density at radius 2 is 1.91 bits per heavy atom. The Bertz CT molecular complexity index is 583. The van der Waals surface area contributed by atoms with Crippen molar-refractivity contribution in [2.75, 3.05) is 20.2 Å². The Hall–Kier alpha value is -2.68. The molecule has 0 bridgehead atoms. The molecule has 9 heteroatoms. The van der Waals surface area contributed by atoms with Crippen LogP contribution in [-0.4, -0.2) is 58.2 Å². The predicted molar refractivity (Wildman–Crippen MR) is 73.3 cm³/mol. The quantitative estimate of drug-likeness (QED) is 0.352. The number of benzene rings is 1. The molecule has 2 rings (SSSR count). The molecular formula is C13H16N4O5. The van der Waals surface area contributed by atoms with Crippen molar-refractivity contribution in [3.63, 3.8) is 0 Å². The number of hydrogen-bond acceptors (Lipinski definition) is 6. The number of aliphatic hydroxyl groups excluding tert-OH is 1. The summed E-state index contributed by atoms with van der Waals surface area (Å²) in [5.41, 5.74) is 0.582. The first-order valence-electron chi connectivity index (χ1n) is 6.60. The zero-order valence-electron chi connectivity index (χ0n) is 12.2. The molecule has 1 N–H and O–H groups in total. The van der Waals surface area contributed by atoms with Crippen molar-refractivity contribution in [1.29, 1.82) is 0 Å². The maximum absolute atomic E-state index is 12.2. The monoisotopic (exact) mass is 308 g/mol. The number of rotatable bonds is 6. The summed E-state index contributed by atoms with van der Waals surface area (Å²) in [7, 11) is 1.41. The summed E-state index contributed by atoms with van der Waals surface area (Å²) >= 11 is 0. The van der Waals surface area contributed by atoms with Gasteiger partial charge in [-0.2, -0.15) is 0 Å². The molecule has 2 amide bonds. The zero-order chi connectivity index (χ0) is 16.3. The maximum Gasteiger partial charge on any atom is 0.264 e. The fourth-order valence-electron chi connectivity index (χ4n) is 1.99. The smallest absolute Gasteiger partial charge is 0.264 e. The van der Waals surface area contributed by atoms with Gasteiger partial charge in [0, 0.05) is 0 Å². The van der Waals surface area contributed by atoms with E-state index >= 15 is 0 Å². The van der Waals surface area contributed by atoms with E-state index in [-0.39, 0.29) is 18.1 Å². The number of hydrazine groups is 1. The summed E-state index contributed by atoms with van der Waals surface area (Å²) in [6.07, 6.45) is -1.04. The molecule has 1 aliphatic heterocycles. The summed E-state index contributed by atoms with van der Waals surface area (Å²) in [4.78, 5) is 30.3. The Morgan fingerprint density at radius 3 is 2.41 bits per heavy atom. The van der Waals surface area contributed by atoms with Crippen LogP contribution in [0.3, 0.4) is 0 Å². The van der Waals surface area contributed by atoms with E-state index in [0.29, 0.717) is 11.1 Å². The number of carbonyl (C=O) groups excluding carboxylic acids is 2. The summed E-state index contributed by atoms with van der Waals surface area (Å²) in [6, 6.07) is 6.42. The van der Waals surface area contributed by atoms with E-state index in [0.717, 1.165) is 9.91 Å². The maximum atomic E-state index is 12.2. The summed E-state index contributed by atoms with van der Waals surface area (Å²) in [5, 5.41) is 24.5. The van der Waals surface area contributed by atoms with Crippen LogP contribution in [0.4, 0.5) is 0 Å². The lowest BCUT2D eigenvalue weighted by molar-refractivity contribution is -0.707. The highest BCUT2D eigenvalue weighted by Gasteiger charge is 2.39. The number of likely N-dealkylation sites (N-methyl/N-ethyl adjacent to an activating group) is 1. The van der Waals surface area contributed by atoms with Gasteiger partial charge in [0.15, 0.2) is 0 Å². The number of hydrogen-bond donors (Lipinski definition) is 1. The molecule has 0 aromatic heterocycles. The second kappa shape index (κ2) is 6.39. The van der Waals surface area contributed by atoms with Crippen molar-refractivity contribution in [3.05, 3.63) is 40.6 Å². The lowest BCUT2D eigenvalue weighted by Gasteiger charge is -2.19. The van der Waals surface area contributed by atoms with Gasteiger partial charge in [0.05, 0.1) is 36.3 Å². The molecule has 1 aliphatic rings. The molecule has 0 saturated heterocycles. The Morgan fingerprint density at radius 1 is 1.36 bits per heavy atom. The van der Waals surface area contributed by atoms with Crippen LogP contribution in [-0.2, 0) is 4.84 Å². The second-order valence-electron chi connectivity index (χ2n) is 4.67. The number of nitrogens with zero attached hydrogens (tertiary/aromatic N) is 4. The molecule has 1 aromatic rings. The van der Waals surface area contributed by atoms with E-state index in [9.17, 15) is 14.8 Å². The number of fused-ring (bicyclic) bond motifs is 1. The fourth-order valence-corrected chi connectivity index (χ4v) is 1.99. The lowest BCUT2D eigenvalue weighted by atomic mass is 10.1. The minimum absolute atomic E-state index is 0.0672. The van der Waals surface area contributed by atoms with Gasteiger partial charge in [-0.15, -0.1) is 5.01 Å². The van der Waals surface area contributed by atoms with Crippen molar-refractivity contribution >= 4 is 11.8 Å². The molecule has 9 nitrogen and oxygen atoms in total. The number of aliphatic hydroxyl groups is 1. The largest absolute Gasteiger partial charge is 0.569 e. The average Bonchev–Trinajstić information content (AvgIpc) is 2.77. The molecule has 0 spiro atoms. The van der Waals surface area contributed by atoms with Gasteiger partial charge in [-0.05, 0) is 19.1 Å². The number of imide groups is 1. The molecule has 22 heavy (non-hydrogen) atoms. The van der Waals surface area contributed by atoms with E-state index in [1.807, 2.05) is 0 Å². The minimum atomic E-state index is -1.04. The molecule has 1 heterocycles. The summed E-state index contributed by atoms with van der Waals surface area (Å²) in [6.45, 7) is 1.28. The van der Waals surface area contributed by atoms with E-state index in [1.54, 1.807) is 24.3 Å². The van der Waals surface area contributed by atoms with Gasteiger partial charge in [-0.1, -0.05) is 12.1 Å². The van der Waals surface area contributed by atoms with Gasteiger partial charge in [-0.3, -0.25) is 9.59 Å². The van der Waals surface area contributed by atoms with Crippen LogP contribution in [0.25, 0.3) is 0 Å². The third-order valence-corrected chi connectivity index (χ3v) is 3.17. The highest BCUT2D eigenvalue weighted by molar-refractivity contribution is 6.21. The summed E-state index contributed by atoms with van der Waals surface area (Å²) in [5.74, 6) is -0.992. The molecule has 1 atom stereocenters. The first-order valence-corrected chi connectivity index (χ1v) is 6.60. The summed E-state index contributed by atoms with van der Waals surface area (Å²) < 4.78 is 0. The molecule has 0 aliphatic carbocycles. The van der Waals surface area contributed by atoms with Gasteiger partial charge < -0.3 is 15.2 Å². The van der Waals surface area contributed by atoms with Crippen LogP contribution in [0.15, 0.2) is 29.5 Å². The first-order chi connectivity index (χ1) is 10.5. The Labute approximate surface area is 126 Å². The van der Waals surface area contributed by atoms with Gasteiger partial charge in [0.25, 0.3) is 11.8 Å². The topological polar surface area (TPSA) is 109 Å². The SMILES string of the molecule is CC(O/N=[N+](\[O-])N(C)CCO)N1C(=O)c2ccccc2C1=O. The molecule has 0 saturated carbocycles. The second-order valence-corrected chi connectivity index (χ2v) is 4.67. The molecule has 0 radical (unpaired) electrons. The van der Waals surface area contributed by atoms with Gasteiger partial charge in [0.2, 0.25) is 11.5 Å². The van der Waals surface area contributed by atoms with E-state index in [2.05, 4.69) is 5.28 Å². The highest BCUT2D eigenvalue weighted by Crippen LogP contribution is 2.24. The Kier molecular flexibility index (Phi) is 4.56. The standard InChI is InChI=1S/C13H16N4O5/c1-9(22-14-17(21)15(2)7-8-18)16-12(19)10-5-3-4-6-11(10)13(16)20/h3-6,9,18H,7-8H2,1-2H3/b17-14-. The number of carbonyl (C=O) groups is 2. The zero-order valence-corrected chi connectivity index (χ0v) is 12.2. The molecule has 1 aromatic carbocycles. The van der Waals surface area contributed by atoms with Crippen molar-refractivity contribution in [2.45, 2.75) is 13.2 Å². The van der Waals surface area contributed by atoms with Crippen LogP contribution in [0.2, 0.25) is 0 Å². The fraction of sp³-hybridized carbons (Fsp3) is 0.385. The first kappa shape index (κ1) is 15.7. The predicted octanol–water partition coefficient (Wildman–Crippen LogP) is 0.362. The third kappa shape index (κ3) is 2.84. The van der Waals surface area contributed by atoms with Crippen LogP contribution in [0.5, 0.6) is 0 Å². The van der Waals surface area contributed by atoms with Gasteiger partial charge in [0.1, 0.15) is 0 Å². The van der Waals surface area contributed by atoms with E-state index in [4.69, 9.17) is 9.94 Å². The normalized spacial score (nSPS) is 15.8. The van der Waals surface area contributed by atoms with Crippen LogP contribution in [0.1, 0.15) is 27.6 Å². The molecule has 0 fully saturated rings. The Balaban J connectivity index is 2.09. The lowest BCUT2D eigenvalue weighted by Crippen LogP contribution is -2.39. The van der Waals surface area contributed by atoms with E-state index in [1.165, 1.54) is 14.0 Å². The minimum Gasteiger partial charge on any atom is -0.569 e. The van der Waals surface area contributed by atoms with Crippen molar-refractivity contribution in [3.8, 4) is 0 Å². The number of amides is 2. The van der Waals surface area contributed by atoms with Gasteiger partial charge >= 0.3 is 0 Å². The van der Waals surface area contributed by atoms with Crippen LogP contribution >= 0.6 is 0 Å².